The van der Waals surface area contributed by atoms with Crippen molar-refractivity contribution in [2.24, 2.45) is 0 Å². The SMILES string of the molecule is CN1CCCC(c2cc3nccc(N)n3n2)C1. The van der Waals surface area contributed by atoms with Gasteiger partial charge in [0.2, 0.25) is 0 Å². The van der Waals surface area contributed by atoms with Crippen molar-refractivity contribution in [1.82, 2.24) is 19.5 Å². The zero-order chi connectivity index (χ0) is 11.8. The Balaban J connectivity index is 1.97. The summed E-state index contributed by atoms with van der Waals surface area (Å²) in [7, 11) is 2.16. The summed E-state index contributed by atoms with van der Waals surface area (Å²) in [5, 5.41) is 4.57. The van der Waals surface area contributed by atoms with Crippen molar-refractivity contribution in [3.8, 4) is 0 Å². The first-order valence-electron chi connectivity index (χ1n) is 6.03. The monoisotopic (exact) mass is 231 g/mol. The van der Waals surface area contributed by atoms with Gasteiger partial charge < -0.3 is 10.6 Å². The van der Waals surface area contributed by atoms with Crippen LogP contribution in [0, 0.1) is 0 Å². The van der Waals surface area contributed by atoms with Crippen LogP contribution in [0.4, 0.5) is 5.82 Å². The molecule has 1 fully saturated rings. The van der Waals surface area contributed by atoms with Crippen LogP contribution < -0.4 is 5.73 Å². The van der Waals surface area contributed by atoms with Crippen molar-refractivity contribution in [2.45, 2.75) is 18.8 Å². The van der Waals surface area contributed by atoms with E-state index in [9.17, 15) is 0 Å². The van der Waals surface area contributed by atoms with Crippen molar-refractivity contribution in [1.29, 1.82) is 0 Å². The van der Waals surface area contributed by atoms with Crippen LogP contribution in [0.15, 0.2) is 18.3 Å². The molecule has 0 aliphatic carbocycles. The van der Waals surface area contributed by atoms with E-state index in [1.54, 1.807) is 16.8 Å². The normalized spacial score (nSPS) is 22.1. The van der Waals surface area contributed by atoms with E-state index >= 15 is 0 Å². The quantitative estimate of drug-likeness (QED) is 0.799. The van der Waals surface area contributed by atoms with Crippen molar-refractivity contribution < 1.29 is 0 Å². The maximum absolute atomic E-state index is 5.88. The zero-order valence-corrected chi connectivity index (χ0v) is 10.0. The van der Waals surface area contributed by atoms with E-state index in [1.165, 1.54) is 19.4 Å². The zero-order valence-electron chi connectivity index (χ0n) is 10.0. The molecule has 0 saturated carbocycles. The van der Waals surface area contributed by atoms with Crippen LogP contribution in [0.25, 0.3) is 5.65 Å². The van der Waals surface area contributed by atoms with Crippen LogP contribution in [0.1, 0.15) is 24.5 Å². The molecule has 0 spiro atoms. The van der Waals surface area contributed by atoms with Gasteiger partial charge in [-0.2, -0.15) is 9.61 Å². The third-order valence-corrected chi connectivity index (χ3v) is 3.45. The molecule has 1 saturated heterocycles. The van der Waals surface area contributed by atoms with Gasteiger partial charge in [0.1, 0.15) is 5.82 Å². The summed E-state index contributed by atoms with van der Waals surface area (Å²) in [5.74, 6) is 1.15. The average Bonchev–Trinajstić information content (AvgIpc) is 2.74. The molecule has 2 aromatic heterocycles. The van der Waals surface area contributed by atoms with Crippen LogP contribution in [0.2, 0.25) is 0 Å². The Morgan fingerprint density at radius 1 is 1.47 bits per heavy atom. The summed E-state index contributed by atoms with van der Waals surface area (Å²) >= 11 is 0. The molecule has 3 rings (SSSR count). The highest BCUT2D eigenvalue weighted by Crippen LogP contribution is 2.26. The molecule has 1 aliphatic heterocycles. The largest absolute Gasteiger partial charge is 0.384 e. The summed E-state index contributed by atoms with van der Waals surface area (Å²) in [6.07, 6.45) is 4.16. The summed E-state index contributed by atoms with van der Waals surface area (Å²) in [4.78, 5) is 6.64. The predicted octanol–water partition coefficient (Wildman–Crippen LogP) is 1.12. The lowest BCUT2D eigenvalue weighted by Crippen LogP contribution is -2.31. The van der Waals surface area contributed by atoms with Gasteiger partial charge in [0.25, 0.3) is 0 Å². The van der Waals surface area contributed by atoms with Crippen molar-refractivity contribution >= 4 is 11.5 Å². The second-order valence-corrected chi connectivity index (χ2v) is 4.81. The van der Waals surface area contributed by atoms with Crippen molar-refractivity contribution in [3.05, 3.63) is 24.0 Å². The number of fused-ring (bicyclic) bond motifs is 1. The van der Waals surface area contributed by atoms with E-state index in [1.807, 2.05) is 0 Å². The number of likely N-dealkylation sites (N-methyl/N-ethyl adjacent to an activating group) is 1. The Labute approximate surface area is 100 Å². The Kier molecular flexibility index (Phi) is 2.48. The number of piperidine rings is 1. The molecular formula is C12H17N5. The van der Waals surface area contributed by atoms with Gasteiger partial charge >= 0.3 is 0 Å². The lowest BCUT2D eigenvalue weighted by atomic mass is 9.95. The number of hydrogen-bond acceptors (Lipinski definition) is 4. The molecule has 3 heterocycles. The first-order valence-corrected chi connectivity index (χ1v) is 6.03. The van der Waals surface area contributed by atoms with E-state index < -0.39 is 0 Å². The van der Waals surface area contributed by atoms with Gasteiger partial charge in [-0.05, 0) is 32.5 Å². The van der Waals surface area contributed by atoms with Crippen LogP contribution in [-0.4, -0.2) is 39.6 Å². The molecule has 2 N–H and O–H groups in total. The number of likely N-dealkylation sites (tertiary alicyclic amines) is 1. The molecule has 90 valence electrons. The molecule has 0 radical (unpaired) electrons. The molecule has 1 aliphatic rings. The number of hydrogen-bond donors (Lipinski definition) is 1. The number of anilines is 1. The van der Waals surface area contributed by atoms with Gasteiger partial charge in [0.05, 0.1) is 5.69 Å². The van der Waals surface area contributed by atoms with Crippen molar-refractivity contribution in [3.63, 3.8) is 0 Å². The highest BCUT2D eigenvalue weighted by Gasteiger charge is 2.21. The van der Waals surface area contributed by atoms with Gasteiger partial charge in [-0.3, -0.25) is 0 Å². The summed E-state index contributed by atoms with van der Waals surface area (Å²) < 4.78 is 1.73. The number of rotatable bonds is 1. The molecule has 5 heteroatoms. The Hall–Kier alpha value is -1.62. The number of nitrogens with two attached hydrogens (primary N) is 1. The van der Waals surface area contributed by atoms with Crippen LogP contribution in [0.3, 0.4) is 0 Å². The third-order valence-electron chi connectivity index (χ3n) is 3.45. The number of aromatic nitrogens is 3. The molecule has 17 heavy (non-hydrogen) atoms. The minimum Gasteiger partial charge on any atom is -0.384 e. The van der Waals surface area contributed by atoms with Crippen LogP contribution in [0.5, 0.6) is 0 Å². The highest BCUT2D eigenvalue weighted by atomic mass is 15.3. The third kappa shape index (κ3) is 1.86. The molecule has 5 nitrogen and oxygen atoms in total. The number of nitrogen functional groups attached to an aromatic ring is 1. The first kappa shape index (κ1) is 10.5. The molecule has 2 aromatic rings. The fraction of sp³-hybridized carbons (Fsp3) is 0.500. The van der Waals surface area contributed by atoms with E-state index in [2.05, 4.69) is 28.1 Å². The smallest absolute Gasteiger partial charge is 0.157 e. The van der Waals surface area contributed by atoms with Crippen LogP contribution in [-0.2, 0) is 0 Å². The van der Waals surface area contributed by atoms with E-state index in [0.29, 0.717) is 11.7 Å². The molecular weight excluding hydrogens is 214 g/mol. The predicted molar refractivity (Wildman–Crippen MR) is 66.9 cm³/mol. The van der Waals surface area contributed by atoms with E-state index in [0.717, 1.165) is 17.9 Å². The average molecular weight is 231 g/mol. The first-order chi connectivity index (χ1) is 8.24. The highest BCUT2D eigenvalue weighted by molar-refractivity contribution is 5.46. The molecule has 0 bridgehead atoms. The molecule has 0 amide bonds. The Morgan fingerprint density at radius 2 is 2.35 bits per heavy atom. The standard InChI is InChI=1S/C12H17N5/c1-16-6-2-3-9(8-16)10-7-12-14-5-4-11(13)17(12)15-10/h4-5,7,9H,2-3,6,8,13H2,1H3. The summed E-state index contributed by atoms with van der Waals surface area (Å²) in [6.45, 7) is 2.26. The fourth-order valence-electron chi connectivity index (χ4n) is 2.54. The lowest BCUT2D eigenvalue weighted by Gasteiger charge is -2.28. The number of nitrogens with zero attached hydrogens (tertiary/aromatic N) is 4. The lowest BCUT2D eigenvalue weighted by molar-refractivity contribution is 0.248. The second kappa shape index (κ2) is 4.00. The summed E-state index contributed by atoms with van der Waals surface area (Å²) in [6, 6.07) is 3.83. The minimum atomic E-state index is 0.509. The van der Waals surface area contributed by atoms with Crippen LogP contribution >= 0.6 is 0 Å². The Morgan fingerprint density at radius 3 is 3.12 bits per heavy atom. The van der Waals surface area contributed by atoms with Crippen molar-refractivity contribution in [2.75, 3.05) is 25.9 Å². The topological polar surface area (TPSA) is 59.5 Å². The maximum Gasteiger partial charge on any atom is 0.157 e. The van der Waals surface area contributed by atoms with Gasteiger partial charge in [0.15, 0.2) is 5.65 Å². The van der Waals surface area contributed by atoms with E-state index in [4.69, 9.17) is 5.73 Å². The van der Waals surface area contributed by atoms with E-state index in [-0.39, 0.29) is 0 Å². The minimum absolute atomic E-state index is 0.509. The summed E-state index contributed by atoms with van der Waals surface area (Å²) in [5.41, 5.74) is 7.83. The maximum atomic E-state index is 5.88. The molecule has 1 unspecified atom stereocenters. The molecule has 1 atom stereocenters. The van der Waals surface area contributed by atoms with Gasteiger partial charge in [-0.1, -0.05) is 0 Å². The molecule has 0 aromatic carbocycles. The van der Waals surface area contributed by atoms with Gasteiger partial charge in [-0.25, -0.2) is 4.98 Å². The fourth-order valence-corrected chi connectivity index (χ4v) is 2.54. The second-order valence-electron chi connectivity index (χ2n) is 4.81. The van der Waals surface area contributed by atoms with Gasteiger partial charge in [0, 0.05) is 24.7 Å². The van der Waals surface area contributed by atoms with Gasteiger partial charge in [-0.15, -0.1) is 0 Å². The Bertz CT molecular complexity index is 533.